The van der Waals surface area contributed by atoms with Gasteiger partial charge in [-0.05, 0) is 23.2 Å². The molecule has 2 heterocycles. The van der Waals surface area contributed by atoms with E-state index < -0.39 is 0 Å². The summed E-state index contributed by atoms with van der Waals surface area (Å²) in [4.78, 5) is 4.07. The molecule has 0 N–H and O–H groups in total. The fourth-order valence-electron chi connectivity index (χ4n) is 1.54. The van der Waals surface area contributed by atoms with Crippen molar-refractivity contribution < 1.29 is 0 Å². The van der Waals surface area contributed by atoms with Crippen molar-refractivity contribution in [3.05, 3.63) is 41.2 Å². The Morgan fingerprint density at radius 3 is 2.81 bits per heavy atom. The molecule has 0 saturated carbocycles. The van der Waals surface area contributed by atoms with Crippen LogP contribution in [0, 0.1) is 0 Å². The maximum atomic E-state index is 6.01. The lowest BCUT2D eigenvalue weighted by Gasteiger charge is -2.09. The van der Waals surface area contributed by atoms with E-state index in [1.165, 1.54) is 0 Å². The van der Waals surface area contributed by atoms with Gasteiger partial charge in [0.2, 0.25) is 5.28 Å². The van der Waals surface area contributed by atoms with Gasteiger partial charge in [-0.25, -0.2) is 0 Å². The first-order valence-electron chi connectivity index (χ1n) is 5.16. The van der Waals surface area contributed by atoms with E-state index in [-0.39, 0.29) is 0 Å². The van der Waals surface area contributed by atoms with Gasteiger partial charge in [-0.3, -0.25) is 9.55 Å². The van der Waals surface area contributed by atoms with Crippen molar-refractivity contribution in [2.75, 3.05) is 0 Å². The topological polar surface area (TPSA) is 43.6 Å². The zero-order chi connectivity index (χ0) is 11.5. The van der Waals surface area contributed by atoms with Crippen LogP contribution in [0.15, 0.2) is 24.5 Å². The molecular formula is C11H13ClN4. The second kappa shape index (κ2) is 4.61. The van der Waals surface area contributed by atoms with Crippen molar-refractivity contribution in [2.45, 2.75) is 26.3 Å². The Labute approximate surface area is 99.3 Å². The summed E-state index contributed by atoms with van der Waals surface area (Å²) in [7, 11) is 0. The van der Waals surface area contributed by atoms with Gasteiger partial charge in [0.05, 0.1) is 6.54 Å². The standard InChI is InChI=1S/C11H13ClN4/c1-8(2)10-14-15-11(12)16(10)7-9-4-3-5-13-6-9/h3-6,8H,7H2,1-2H3. The third-order valence-corrected chi connectivity index (χ3v) is 2.59. The lowest BCUT2D eigenvalue weighted by molar-refractivity contribution is 0.668. The molecule has 4 nitrogen and oxygen atoms in total. The van der Waals surface area contributed by atoms with Crippen LogP contribution >= 0.6 is 11.6 Å². The Balaban J connectivity index is 2.31. The molecule has 5 heteroatoms. The van der Waals surface area contributed by atoms with E-state index in [1.807, 2.05) is 22.9 Å². The van der Waals surface area contributed by atoms with E-state index in [0.717, 1.165) is 11.4 Å². The summed E-state index contributed by atoms with van der Waals surface area (Å²) in [6.45, 7) is 4.80. The summed E-state index contributed by atoms with van der Waals surface area (Å²) in [5.74, 6) is 1.20. The molecule has 0 bridgehead atoms. The van der Waals surface area contributed by atoms with Crippen molar-refractivity contribution in [1.82, 2.24) is 19.7 Å². The van der Waals surface area contributed by atoms with Crippen LogP contribution in [0.3, 0.4) is 0 Å². The van der Waals surface area contributed by atoms with Crippen molar-refractivity contribution in [2.24, 2.45) is 0 Å². The number of aromatic nitrogens is 4. The molecule has 0 amide bonds. The minimum atomic E-state index is 0.302. The fraction of sp³-hybridized carbons (Fsp3) is 0.364. The fourth-order valence-corrected chi connectivity index (χ4v) is 1.73. The van der Waals surface area contributed by atoms with Gasteiger partial charge in [0.1, 0.15) is 5.82 Å². The van der Waals surface area contributed by atoms with E-state index in [2.05, 4.69) is 29.0 Å². The SMILES string of the molecule is CC(C)c1nnc(Cl)n1Cc1cccnc1. The van der Waals surface area contributed by atoms with Crippen LogP contribution in [0.4, 0.5) is 0 Å². The van der Waals surface area contributed by atoms with Gasteiger partial charge in [0.15, 0.2) is 0 Å². The molecule has 0 fully saturated rings. The van der Waals surface area contributed by atoms with E-state index in [4.69, 9.17) is 11.6 Å². The predicted octanol–water partition coefficient (Wildman–Crippen LogP) is 2.50. The van der Waals surface area contributed by atoms with E-state index in [9.17, 15) is 0 Å². The number of hydrogen-bond acceptors (Lipinski definition) is 3. The molecule has 0 radical (unpaired) electrons. The molecule has 0 saturated heterocycles. The third kappa shape index (κ3) is 2.22. The van der Waals surface area contributed by atoms with Crippen molar-refractivity contribution >= 4 is 11.6 Å². The van der Waals surface area contributed by atoms with Crippen LogP contribution in [0.25, 0.3) is 0 Å². The Kier molecular flexibility index (Phi) is 3.19. The molecular weight excluding hydrogens is 224 g/mol. The van der Waals surface area contributed by atoms with Gasteiger partial charge in [-0.2, -0.15) is 0 Å². The molecule has 0 aliphatic rings. The zero-order valence-corrected chi connectivity index (χ0v) is 10.0. The smallest absolute Gasteiger partial charge is 0.225 e. The average molecular weight is 237 g/mol. The molecule has 2 aromatic rings. The van der Waals surface area contributed by atoms with Gasteiger partial charge >= 0.3 is 0 Å². The second-order valence-corrected chi connectivity index (χ2v) is 4.27. The van der Waals surface area contributed by atoms with E-state index >= 15 is 0 Å². The number of nitrogens with zero attached hydrogens (tertiary/aromatic N) is 4. The van der Waals surface area contributed by atoms with Crippen LogP contribution < -0.4 is 0 Å². The van der Waals surface area contributed by atoms with Gasteiger partial charge < -0.3 is 0 Å². The molecule has 0 unspecified atom stereocenters. The summed E-state index contributed by atoms with van der Waals surface area (Å²) < 4.78 is 1.91. The number of halogens is 1. The molecule has 0 aliphatic carbocycles. The van der Waals surface area contributed by atoms with Gasteiger partial charge in [-0.1, -0.05) is 19.9 Å². The van der Waals surface area contributed by atoms with Crippen LogP contribution in [0.5, 0.6) is 0 Å². The van der Waals surface area contributed by atoms with Gasteiger partial charge in [-0.15, -0.1) is 10.2 Å². The highest BCUT2D eigenvalue weighted by Gasteiger charge is 2.13. The Morgan fingerprint density at radius 1 is 1.38 bits per heavy atom. The van der Waals surface area contributed by atoms with Crippen LogP contribution in [0.2, 0.25) is 5.28 Å². The van der Waals surface area contributed by atoms with E-state index in [1.54, 1.807) is 6.20 Å². The van der Waals surface area contributed by atoms with Crippen LogP contribution in [-0.4, -0.2) is 19.7 Å². The minimum Gasteiger partial charge on any atom is -0.297 e. The Morgan fingerprint density at radius 2 is 2.19 bits per heavy atom. The number of pyridine rings is 1. The molecule has 0 aliphatic heterocycles. The molecule has 0 atom stereocenters. The van der Waals surface area contributed by atoms with Crippen LogP contribution in [-0.2, 0) is 6.54 Å². The highest BCUT2D eigenvalue weighted by Crippen LogP contribution is 2.17. The summed E-state index contributed by atoms with van der Waals surface area (Å²) in [6.07, 6.45) is 3.57. The largest absolute Gasteiger partial charge is 0.297 e. The lowest BCUT2D eigenvalue weighted by Crippen LogP contribution is -2.07. The Bertz CT molecular complexity index is 464. The molecule has 84 valence electrons. The summed E-state index contributed by atoms with van der Waals surface area (Å²) in [6, 6.07) is 3.91. The third-order valence-electron chi connectivity index (χ3n) is 2.31. The summed E-state index contributed by atoms with van der Waals surface area (Å²) in [5.41, 5.74) is 1.09. The normalized spacial score (nSPS) is 11.0. The highest BCUT2D eigenvalue weighted by molar-refractivity contribution is 6.28. The molecule has 16 heavy (non-hydrogen) atoms. The van der Waals surface area contributed by atoms with Crippen LogP contribution in [0.1, 0.15) is 31.2 Å². The zero-order valence-electron chi connectivity index (χ0n) is 9.26. The first-order chi connectivity index (χ1) is 7.68. The minimum absolute atomic E-state index is 0.302. The first kappa shape index (κ1) is 11.1. The highest BCUT2D eigenvalue weighted by atomic mass is 35.5. The molecule has 0 aromatic carbocycles. The maximum absolute atomic E-state index is 6.01. The number of rotatable bonds is 3. The summed E-state index contributed by atoms with van der Waals surface area (Å²) >= 11 is 6.01. The van der Waals surface area contributed by atoms with E-state index in [0.29, 0.717) is 17.7 Å². The van der Waals surface area contributed by atoms with Gasteiger partial charge in [0.25, 0.3) is 0 Å². The summed E-state index contributed by atoms with van der Waals surface area (Å²) in [5, 5.41) is 8.39. The predicted molar refractivity (Wildman–Crippen MR) is 62.5 cm³/mol. The van der Waals surface area contributed by atoms with Crippen molar-refractivity contribution in [3.8, 4) is 0 Å². The van der Waals surface area contributed by atoms with Gasteiger partial charge in [0, 0.05) is 18.3 Å². The molecule has 0 spiro atoms. The molecule has 2 rings (SSSR count). The molecule has 2 aromatic heterocycles. The maximum Gasteiger partial charge on any atom is 0.225 e. The lowest BCUT2D eigenvalue weighted by atomic mass is 10.2. The van der Waals surface area contributed by atoms with Crippen molar-refractivity contribution in [1.29, 1.82) is 0 Å². The second-order valence-electron chi connectivity index (χ2n) is 3.93. The monoisotopic (exact) mass is 236 g/mol. The number of hydrogen-bond donors (Lipinski definition) is 0. The quantitative estimate of drug-likeness (QED) is 0.823. The average Bonchev–Trinajstić information content (AvgIpc) is 2.62. The van der Waals surface area contributed by atoms with Crippen molar-refractivity contribution in [3.63, 3.8) is 0 Å². The Hall–Kier alpha value is -1.42. The first-order valence-corrected chi connectivity index (χ1v) is 5.53.